The number of aryl methyl sites for hydroxylation is 1. The van der Waals surface area contributed by atoms with Crippen molar-refractivity contribution in [3.63, 3.8) is 0 Å². The maximum Gasteiger partial charge on any atom is 0.222 e. The Hall–Kier alpha value is -1.91. The second-order valence-electron chi connectivity index (χ2n) is 7.06. The molecule has 1 aromatic heterocycles. The van der Waals surface area contributed by atoms with E-state index in [1.54, 1.807) is 12.4 Å². The van der Waals surface area contributed by atoms with Crippen LogP contribution in [0.4, 0.5) is 0 Å². The van der Waals surface area contributed by atoms with Gasteiger partial charge in [-0.2, -0.15) is 0 Å². The van der Waals surface area contributed by atoms with Gasteiger partial charge in [0.15, 0.2) is 0 Å². The lowest BCUT2D eigenvalue weighted by molar-refractivity contribution is -0.132. The third-order valence-electron chi connectivity index (χ3n) is 4.34. The molecule has 0 bridgehead atoms. The highest BCUT2D eigenvalue weighted by atomic mass is 16.2. The molecule has 2 amide bonds. The second-order valence-corrected chi connectivity index (χ2v) is 7.06. The van der Waals surface area contributed by atoms with Gasteiger partial charge in [-0.3, -0.25) is 14.6 Å². The summed E-state index contributed by atoms with van der Waals surface area (Å²) in [5.41, 5.74) is 1.07. The molecule has 1 aliphatic rings. The minimum atomic E-state index is 0.0574. The molecule has 1 unspecified atom stereocenters. The number of rotatable bonds is 6. The summed E-state index contributed by atoms with van der Waals surface area (Å²) in [7, 11) is 0. The molecule has 0 aliphatic carbocycles. The summed E-state index contributed by atoms with van der Waals surface area (Å²) in [5.74, 6) is 0.636. The van der Waals surface area contributed by atoms with E-state index in [4.69, 9.17) is 0 Å². The Morgan fingerprint density at radius 3 is 2.92 bits per heavy atom. The molecule has 0 radical (unpaired) electrons. The van der Waals surface area contributed by atoms with E-state index >= 15 is 0 Å². The molecule has 1 saturated heterocycles. The van der Waals surface area contributed by atoms with Gasteiger partial charge in [-0.15, -0.1) is 0 Å². The van der Waals surface area contributed by atoms with Crippen LogP contribution in [0.1, 0.15) is 51.5 Å². The average Bonchev–Trinajstić information content (AvgIpc) is 2.79. The minimum Gasteiger partial charge on any atom is -0.352 e. The van der Waals surface area contributed by atoms with Crippen molar-refractivity contribution >= 4 is 11.8 Å². The van der Waals surface area contributed by atoms with Crippen LogP contribution in [-0.4, -0.2) is 40.8 Å². The van der Waals surface area contributed by atoms with Gasteiger partial charge in [0.2, 0.25) is 11.8 Å². The lowest BCUT2D eigenvalue weighted by atomic mass is 10.1. The molecule has 5 nitrogen and oxygen atoms in total. The van der Waals surface area contributed by atoms with Crippen molar-refractivity contribution in [1.82, 2.24) is 15.2 Å². The van der Waals surface area contributed by atoms with Gasteiger partial charge in [0, 0.05) is 44.4 Å². The SMILES string of the molecule is CC(C)CC(=O)N1CCCCC(NC(=O)CCc2cccnc2)C1. The lowest BCUT2D eigenvalue weighted by Gasteiger charge is -2.26. The third-order valence-corrected chi connectivity index (χ3v) is 4.34. The first kappa shape index (κ1) is 18.4. The van der Waals surface area contributed by atoms with Crippen LogP contribution < -0.4 is 5.32 Å². The first-order chi connectivity index (χ1) is 11.5. The highest BCUT2D eigenvalue weighted by Crippen LogP contribution is 2.14. The van der Waals surface area contributed by atoms with Crippen molar-refractivity contribution in [1.29, 1.82) is 0 Å². The number of hydrogen-bond acceptors (Lipinski definition) is 3. The standard InChI is InChI=1S/C19H29N3O2/c1-15(2)12-19(24)22-11-4-3-7-17(14-22)21-18(23)9-8-16-6-5-10-20-13-16/h5-6,10,13,15,17H,3-4,7-9,11-12,14H2,1-2H3,(H,21,23). The van der Waals surface area contributed by atoms with Crippen LogP contribution >= 0.6 is 0 Å². The third kappa shape index (κ3) is 6.30. The van der Waals surface area contributed by atoms with E-state index in [1.165, 1.54) is 0 Å². The smallest absolute Gasteiger partial charge is 0.222 e. The van der Waals surface area contributed by atoms with Crippen LogP contribution in [-0.2, 0) is 16.0 Å². The maximum absolute atomic E-state index is 12.3. The monoisotopic (exact) mass is 331 g/mol. The second kappa shape index (κ2) is 9.40. The molecule has 1 atom stereocenters. The van der Waals surface area contributed by atoms with Gasteiger partial charge in [0.25, 0.3) is 0 Å². The van der Waals surface area contributed by atoms with E-state index in [-0.39, 0.29) is 17.9 Å². The first-order valence-corrected chi connectivity index (χ1v) is 9.00. The van der Waals surface area contributed by atoms with Crippen molar-refractivity contribution in [2.45, 2.75) is 58.4 Å². The fourth-order valence-electron chi connectivity index (χ4n) is 3.07. The van der Waals surface area contributed by atoms with E-state index in [0.717, 1.165) is 31.4 Å². The van der Waals surface area contributed by atoms with Gasteiger partial charge in [-0.1, -0.05) is 19.9 Å². The van der Waals surface area contributed by atoms with Crippen LogP contribution in [0.2, 0.25) is 0 Å². The van der Waals surface area contributed by atoms with Crippen molar-refractivity contribution in [3.05, 3.63) is 30.1 Å². The molecule has 1 N–H and O–H groups in total. The van der Waals surface area contributed by atoms with Crippen molar-refractivity contribution in [2.75, 3.05) is 13.1 Å². The number of carbonyl (C=O) groups is 2. The molecule has 1 aromatic rings. The molecule has 1 aliphatic heterocycles. The largest absolute Gasteiger partial charge is 0.352 e. The molecule has 2 heterocycles. The summed E-state index contributed by atoms with van der Waals surface area (Å²) >= 11 is 0. The summed E-state index contributed by atoms with van der Waals surface area (Å²) < 4.78 is 0. The van der Waals surface area contributed by atoms with Crippen molar-refractivity contribution < 1.29 is 9.59 Å². The molecule has 0 saturated carbocycles. The molecule has 0 spiro atoms. The summed E-state index contributed by atoms with van der Waals surface area (Å²) in [6.45, 7) is 5.58. The van der Waals surface area contributed by atoms with Gasteiger partial charge < -0.3 is 10.2 Å². The van der Waals surface area contributed by atoms with Crippen LogP contribution in [0.25, 0.3) is 0 Å². The van der Waals surface area contributed by atoms with Crippen molar-refractivity contribution in [3.8, 4) is 0 Å². The number of nitrogens with one attached hydrogen (secondary N) is 1. The quantitative estimate of drug-likeness (QED) is 0.871. The Morgan fingerprint density at radius 1 is 1.38 bits per heavy atom. The minimum absolute atomic E-state index is 0.0574. The molecular formula is C19H29N3O2. The molecule has 2 rings (SSSR count). The number of pyridine rings is 1. The Kier molecular flexibility index (Phi) is 7.22. The van der Waals surface area contributed by atoms with E-state index in [2.05, 4.69) is 24.1 Å². The Balaban J connectivity index is 1.81. The van der Waals surface area contributed by atoms with Gasteiger partial charge in [-0.05, 0) is 43.2 Å². The van der Waals surface area contributed by atoms with E-state index in [9.17, 15) is 9.59 Å². The fraction of sp³-hybridized carbons (Fsp3) is 0.632. The number of aromatic nitrogens is 1. The fourth-order valence-corrected chi connectivity index (χ4v) is 3.07. The normalized spacial score (nSPS) is 18.3. The molecule has 5 heteroatoms. The highest BCUT2D eigenvalue weighted by molar-refractivity contribution is 5.78. The predicted octanol–water partition coefficient (Wildman–Crippen LogP) is 2.56. The van der Waals surface area contributed by atoms with Crippen LogP contribution in [0.3, 0.4) is 0 Å². The topological polar surface area (TPSA) is 62.3 Å². The van der Waals surface area contributed by atoms with Gasteiger partial charge in [0.05, 0.1) is 0 Å². The molecule has 0 aromatic carbocycles. The molecule has 1 fully saturated rings. The number of nitrogens with zero attached hydrogens (tertiary/aromatic N) is 2. The van der Waals surface area contributed by atoms with E-state index in [1.807, 2.05) is 17.0 Å². The van der Waals surface area contributed by atoms with Gasteiger partial charge in [0.1, 0.15) is 0 Å². The average molecular weight is 331 g/mol. The van der Waals surface area contributed by atoms with Crippen LogP contribution in [0.15, 0.2) is 24.5 Å². The summed E-state index contributed by atoms with van der Waals surface area (Å²) in [5, 5.41) is 3.11. The number of carbonyl (C=O) groups excluding carboxylic acids is 2. The molecular weight excluding hydrogens is 302 g/mol. The number of amides is 2. The zero-order valence-electron chi connectivity index (χ0n) is 14.8. The number of likely N-dealkylation sites (tertiary alicyclic amines) is 1. The van der Waals surface area contributed by atoms with E-state index < -0.39 is 0 Å². The Labute approximate surface area is 144 Å². The summed E-state index contributed by atoms with van der Waals surface area (Å²) in [6.07, 6.45) is 8.30. The first-order valence-electron chi connectivity index (χ1n) is 9.00. The van der Waals surface area contributed by atoms with Gasteiger partial charge >= 0.3 is 0 Å². The highest BCUT2D eigenvalue weighted by Gasteiger charge is 2.23. The zero-order valence-corrected chi connectivity index (χ0v) is 14.8. The lowest BCUT2D eigenvalue weighted by Crippen LogP contribution is -2.44. The summed E-state index contributed by atoms with van der Waals surface area (Å²) in [6, 6.07) is 3.94. The Bertz CT molecular complexity index is 531. The number of hydrogen-bond donors (Lipinski definition) is 1. The maximum atomic E-state index is 12.3. The van der Waals surface area contributed by atoms with E-state index in [0.29, 0.717) is 31.7 Å². The molecule has 24 heavy (non-hydrogen) atoms. The zero-order chi connectivity index (χ0) is 17.4. The predicted molar refractivity (Wildman–Crippen MR) is 94.4 cm³/mol. The van der Waals surface area contributed by atoms with Crippen molar-refractivity contribution in [2.24, 2.45) is 5.92 Å². The van der Waals surface area contributed by atoms with Crippen LogP contribution in [0.5, 0.6) is 0 Å². The Morgan fingerprint density at radius 2 is 2.21 bits per heavy atom. The summed E-state index contributed by atoms with van der Waals surface area (Å²) in [4.78, 5) is 30.5. The van der Waals surface area contributed by atoms with Gasteiger partial charge in [-0.25, -0.2) is 0 Å². The van der Waals surface area contributed by atoms with Crippen LogP contribution in [0, 0.1) is 5.92 Å². The molecule has 132 valence electrons.